The van der Waals surface area contributed by atoms with E-state index in [1.165, 1.54) is 46.5 Å². The number of hydrogen-bond donors (Lipinski definition) is 5. The molecule has 8 heteroatoms. The number of rotatable bonds is 8. The van der Waals surface area contributed by atoms with Crippen LogP contribution >= 0.6 is 15.9 Å². The molecule has 0 saturated carbocycles. The van der Waals surface area contributed by atoms with Crippen LogP contribution in [0.1, 0.15) is 55.0 Å². The molecule has 0 aliphatic rings. The minimum Gasteiger partial charge on any atom is -0.507 e. The van der Waals surface area contributed by atoms with E-state index in [2.05, 4.69) is 78.3 Å². The number of hydrogen-bond acceptors (Lipinski definition) is 5. The first kappa shape index (κ1) is 32.9. The maximum Gasteiger partial charge on any atom is 0.339 e. The summed E-state index contributed by atoms with van der Waals surface area (Å²) in [7, 11) is 0. The Morgan fingerprint density at radius 1 is 0.634 bits per heavy atom. The molecule has 6 N–H and O–H groups in total. The van der Waals surface area contributed by atoms with Crippen LogP contribution in [0.15, 0.2) is 84.9 Å². The Kier molecular flexibility index (Phi) is 13.4. The third-order valence-electron chi connectivity index (χ3n) is 6.10. The largest absolute Gasteiger partial charge is 0.507 e. The van der Waals surface area contributed by atoms with E-state index in [9.17, 15) is 14.7 Å². The first-order chi connectivity index (χ1) is 19.5. The van der Waals surface area contributed by atoms with Crippen molar-refractivity contribution in [1.82, 2.24) is 0 Å². The Balaban J connectivity index is 0.000000236. The molecule has 0 amide bonds. The minimum absolute atomic E-state index is 0.0298. The molecule has 0 aromatic heterocycles. The number of anilines is 1. The number of aromatic carboxylic acids is 2. The van der Waals surface area contributed by atoms with Gasteiger partial charge >= 0.3 is 11.9 Å². The van der Waals surface area contributed by atoms with Crippen molar-refractivity contribution in [3.8, 4) is 11.5 Å². The van der Waals surface area contributed by atoms with Gasteiger partial charge in [0.1, 0.15) is 22.6 Å². The van der Waals surface area contributed by atoms with Crippen molar-refractivity contribution in [2.24, 2.45) is 0 Å². The molecule has 0 fully saturated rings. The number of carboxylic acid groups (broad SMARTS) is 2. The third kappa shape index (κ3) is 11.8. The highest BCUT2D eigenvalue weighted by Gasteiger charge is 2.10. The summed E-state index contributed by atoms with van der Waals surface area (Å²) in [5.41, 5.74) is 11.6. The molecule has 0 radical (unpaired) electrons. The second-order valence-electron chi connectivity index (χ2n) is 9.50. The summed E-state index contributed by atoms with van der Waals surface area (Å²) < 4.78 is 0. The van der Waals surface area contributed by atoms with E-state index in [0.29, 0.717) is 5.69 Å². The van der Waals surface area contributed by atoms with Crippen molar-refractivity contribution in [3.63, 3.8) is 0 Å². The molecule has 41 heavy (non-hydrogen) atoms. The summed E-state index contributed by atoms with van der Waals surface area (Å²) in [6, 6.07) is 25.7. The Hall–Kier alpha value is -4.30. The molecule has 216 valence electrons. The summed E-state index contributed by atoms with van der Waals surface area (Å²) in [6.07, 6.45) is 3.84. The molecular formula is C33H36BrNO6. The molecule has 0 aliphatic heterocycles. The van der Waals surface area contributed by atoms with E-state index < -0.39 is 11.9 Å². The van der Waals surface area contributed by atoms with Crippen LogP contribution in [-0.2, 0) is 19.3 Å². The van der Waals surface area contributed by atoms with Gasteiger partial charge in [0.15, 0.2) is 0 Å². The van der Waals surface area contributed by atoms with Gasteiger partial charge in [-0.2, -0.15) is 0 Å². The zero-order valence-electron chi connectivity index (χ0n) is 23.2. The summed E-state index contributed by atoms with van der Waals surface area (Å²) in [6.45, 7) is 4.17. The first-order valence-corrected chi connectivity index (χ1v) is 14.2. The first-order valence-electron chi connectivity index (χ1n) is 13.0. The fourth-order valence-electron chi connectivity index (χ4n) is 3.75. The average molecular weight is 623 g/mol. The van der Waals surface area contributed by atoms with Crippen LogP contribution in [0.25, 0.3) is 0 Å². The van der Waals surface area contributed by atoms with Gasteiger partial charge in [0.05, 0.1) is 0 Å². The van der Waals surface area contributed by atoms with Crippen LogP contribution in [0.5, 0.6) is 11.5 Å². The van der Waals surface area contributed by atoms with Gasteiger partial charge in [-0.3, -0.25) is 0 Å². The summed E-state index contributed by atoms with van der Waals surface area (Å²) >= 11 is 3.40. The van der Waals surface area contributed by atoms with E-state index in [1.807, 2.05) is 0 Å². The lowest BCUT2D eigenvalue weighted by atomic mass is 10.0. The van der Waals surface area contributed by atoms with E-state index in [4.69, 9.17) is 21.1 Å². The lowest BCUT2D eigenvalue weighted by molar-refractivity contribution is 0.0682. The smallest absolute Gasteiger partial charge is 0.339 e. The normalized spacial score (nSPS) is 10.0. The molecule has 0 saturated heterocycles. The van der Waals surface area contributed by atoms with Gasteiger partial charge in [-0.15, -0.1) is 0 Å². The molecular weight excluding hydrogens is 586 g/mol. The number of alkyl halides is 1. The summed E-state index contributed by atoms with van der Waals surface area (Å²) in [4.78, 5) is 21.3. The fraction of sp³-hybridized carbons (Fsp3) is 0.212. The SMILES string of the molecule is Cc1ccc(CCBr)cc1.Cc1ccc(CCCc2ccc(O)c(C(=O)O)c2)cc1.Nc1ccc(O)c(C(=O)O)c1. The average Bonchev–Trinajstić information content (AvgIpc) is 2.94. The van der Waals surface area contributed by atoms with Gasteiger partial charge in [-0.05, 0) is 86.6 Å². The van der Waals surface area contributed by atoms with E-state index in [-0.39, 0.29) is 22.6 Å². The van der Waals surface area contributed by atoms with E-state index in [1.54, 1.807) is 12.1 Å². The van der Waals surface area contributed by atoms with Gasteiger partial charge in [-0.25, -0.2) is 9.59 Å². The van der Waals surface area contributed by atoms with Crippen molar-refractivity contribution >= 4 is 33.6 Å². The van der Waals surface area contributed by atoms with Gasteiger partial charge in [0, 0.05) is 11.0 Å². The van der Waals surface area contributed by atoms with Crippen molar-refractivity contribution in [2.75, 3.05) is 11.1 Å². The molecule has 4 aromatic carbocycles. The van der Waals surface area contributed by atoms with Crippen LogP contribution in [0.4, 0.5) is 5.69 Å². The van der Waals surface area contributed by atoms with Crippen molar-refractivity contribution in [2.45, 2.75) is 39.5 Å². The molecule has 7 nitrogen and oxygen atoms in total. The number of carboxylic acids is 2. The van der Waals surface area contributed by atoms with Crippen LogP contribution in [0.3, 0.4) is 0 Å². The number of aromatic hydroxyl groups is 2. The molecule has 0 aliphatic carbocycles. The number of halogens is 1. The number of nitrogens with two attached hydrogens (primary N) is 1. The van der Waals surface area contributed by atoms with Gasteiger partial charge in [0.2, 0.25) is 0 Å². The summed E-state index contributed by atoms with van der Waals surface area (Å²) in [5.74, 6) is -2.73. The highest BCUT2D eigenvalue weighted by atomic mass is 79.9. The van der Waals surface area contributed by atoms with Crippen molar-refractivity contribution < 1.29 is 30.0 Å². The predicted molar refractivity (Wildman–Crippen MR) is 166 cm³/mol. The zero-order chi connectivity index (χ0) is 30.4. The quantitative estimate of drug-likeness (QED) is 0.0797. The van der Waals surface area contributed by atoms with Crippen molar-refractivity contribution in [3.05, 3.63) is 124 Å². The number of aryl methyl sites for hydroxylation is 5. The van der Waals surface area contributed by atoms with Gasteiger partial charge in [-0.1, -0.05) is 81.7 Å². The highest BCUT2D eigenvalue weighted by molar-refractivity contribution is 9.09. The Bertz CT molecular complexity index is 1420. The second-order valence-corrected chi connectivity index (χ2v) is 10.3. The minimum atomic E-state index is -1.19. The van der Waals surface area contributed by atoms with Gasteiger partial charge < -0.3 is 26.2 Å². The Morgan fingerprint density at radius 3 is 1.51 bits per heavy atom. The second kappa shape index (κ2) is 16.7. The number of phenols is 2. The molecule has 4 rings (SSSR count). The third-order valence-corrected chi connectivity index (χ3v) is 6.49. The molecule has 0 bridgehead atoms. The van der Waals surface area contributed by atoms with E-state index in [0.717, 1.165) is 36.6 Å². The van der Waals surface area contributed by atoms with Crippen LogP contribution in [0.2, 0.25) is 0 Å². The standard InChI is InChI=1S/C17H18O3.C9H11Br.C7H7NO3/c1-12-5-7-13(8-6-12)3-2-4-14-9-10-16(18)15(11-14)17(19)20;1-8-2-4-9(5-3-8)6-7-10;8-4-1-2-6(9)5(3-4)7(10)11/h5-11,18H,2-4H2,1H3,(H,19,20);2-5H,6-7H2,1H3;1-3,9H,8H2,(H,10,11). The topological polar surface area (TPSA) is 141 Å². The number of carbonyl (C=O) groups is 2. The molecule has 4 aromatic rings. The predicted octanol–water partition coefficient (Wildman–Crippen LogP) is 7.18. The van der Waals surface area contributed by atoms with Crippen LogP contribution in [-0.4, -0.2) is 37.7 Å². The highest BCUT2D eigenvalue weighted by Crippen LogP contribution is 2.20. The molecule has 0 atom stereocenters. The monoisotopic (exact) mass is 621 g/mol. The summed E-state index contributed by atoms with van der Waals surface area (Å²) in [5, 5.41) is 36.9. The van der Waals surface area contributed by atoms with Crippen LogP contribution < -0.4 is 5.73 Å². The Morgan fingerprint density at radius 2 is 1.05 bits per heavy atom. The number of nitrogen functional groups attached to an aromatic ring is 1. The van der Waals surface area contributed by atoms with Crippen LogP contribution in [0, 0.1) is 13.8 Å². The maximum atomic E-state index is 10.9. The van der Waals surface area contributed by atoms with Crippen molar-refractivity contribution in [1.29, 1.82) is 0 Å². The maximum absolute atomic E-state index is 10.9. The van der Waals surface area contributed by atoms with Gasteiger partial charge in [0.25, 0.3) is 0 Å². The lowest BCUT2D eigenvalue weighted by Crippen LogP contribution is -1.99. The Labute approximate surface area is 249 Å². The molecule has 0 unspecified atom stereocenters. The molecule has 0 heterocycles. The van der Waals surface area contributed by atoms with E-state index >= 15 is 0 Å². The fourth-order valence-corrected chi connectivity index (χ4v) is 4.21. The lowest BCUT2D eigenvalue weighted by Gasteiger charge is -2.05. The number of benzene rings is 4. The zero-order valence-corrected chi connectivity index (χ0v) is 24.8. The molecule has 0 spiro atoms.